The summed E-state index contributed by atoms with van der Waals surface area (Å²) in [6.45, 7) is 0.604. The van der Waals surface area contributed by atoms with E-state index < -0.39 is 9.84 Å². The lowest BCUT2D eigenvalue weighted by molar-refractivity contribution is 0.602. The van der Waals surface area contributed by atoms with Gasteiger partial charge >= 0.3 is 0 Å². The summed E-state index contributed by atoms with van der Waals surface area (Å²) in [4.78, 5) is 3.30. The third kappa shape index (κ3) is 2.64. The van der Waals surface area contributed by atoms with Crippen molar-refractivity contribution < 1.29 is 8.42 Å². The van der Waals surface area contributed by atoms with Crippen molar-refractivity contribution in [1.82, 2.24) is 9.55 Å². The van der Waals surface area contributed by atoms with Crippen molar-refractivity contribution in [1.29, 1.82) is 0 Å². The van der Waals surface area contributed by atoms with Gasteiger partial charge < -0.3 is 9.55 Å². The van der Waals surface area contributed by atoms with Gasteiger partial charge in [-0.05, 0) is 29.9 Å². The Bertz CT molecular complexity index is 954. The molecular formula is C15H14N2O2S2. The Morgan fingerprint density at radius 1 is 1.10 bits per heavy atom. The average Bonchev–Trinajstić information content (AvgIpc) is 2.75. The van der Waals surface area contributed by atoms with Crippen molar-refractivity contribution in [3.63, 3.8) is 0 Å². The van der Waals surface area contributed by atoms with E-state index in [9.17, 15) is 8.42 Å². The average molecular weight is 318 g/mol. The summed E-state index contributed by atoms with van der Waals surface area (Å²) in [6, 6.07) is 15.1. The molecule has 1 aromatic heterocycles. The number of aromatic nitrogens is 2. The van der Waals surface area contributed by atoms with Crippen molar-refractivity contribution in [3.05, 3.63) is 58.9 Å². The smallest absolute Gasteiger partial charge is 0.178 e. The number of fused-ring (bicyclic) bond motifs is 1. The monoisotopic (exact) mass is 318 g/mol. The second kappa shape index (κ2) is 5.13. The first-order valence-corrected chi connectivity index (χ1v) is 8.72. The molecule has 0 bridgehead atoms. The number of rotatable bonds is 3. The summed E-state index contributed by atoms with van der Waals surface area (Å²) in [6.07, 6.45) is 1.20. The largest absolute Gasteiger partial charge is 0.329 e. The lowest BCUT2D eigenvalue weighted by Gasteiger charge is -2.05. The van der Waals surface area contributed by atoms with E-state index in [1.165, 1.54) is 6.26 Å². The number of aromatic amines is 1. The zero-order valence-corrected chi connectivity index (χ0v) is 13.0. The molecule has 108 valence electrons. The zero-order chi connectivity index (χ0) is 15.0. The van der Waals surface area contributed by atoms with Crippen molar-refractivity contribution >= 4 is 33.1 Å². The van der Waals surface area contributed by atoms with Gasteiger partial charge in [0.05, 0.1) is 22.5 Å². The molecule has 0 atom stereocenters. The predicted molar refractivity (Wildman–Crippen MR) is 85.8 cm³/mol. The molecule has 2 aromatic carbocycles. The van der Waals surface area contributed by atoms with Crippen LogP contribution in [0.25, 0.3) is 11.0 Å². The van der Waals surface area contributed by atoms with Gasteiger partial charge in [0, 0.05) is 6.26 Å². The van der Waals surface area contributed by atoms with Crippen LogP contribution in [-0.4, -0.2) is 24.2 Å². The number of sulfone groups is 1. The maximum absolute atomic E-state index is 11.9. The predicted octanol–water partition coefficient (Wildman–Crippen LogP) is 3.15. The van der Waals surface area contributed by atoms with Crippen LogP contribution in [0, 0.1) is 4.77 Å². The third-order valence-electron chi connectivity index (χ3n) is 3.36. The maximum Gasteiger partial charge on any atom is 0.178 e. The van der Waals surface area contributed by atoms with Crippen molar-refractivity contribution in [2.75, 3.05) is 6.26 Å². The first-order valence-electron chi connectivity index (χ1n) is 6.42. The van der Waals surface area contributed by atoms with Crippen LogP contribution in [0.5, 0.6) is 0 Å². The molecular weight excluding hydrogens is 304 g/mol. The summed E-state index contributed by atoms with van der Waals surface area (Å²) < 4.78 is 26.2. The molecule has 0 radical (unpaired) electrons. The number of hydrogen-bond acceptors (Lipinski definition) is 3. The Hall–Kier alpha value is -1.92. The lowest BCUT2D eigenvalue weighted by atomic mass is 10.2. The van der Waals surface area contributed by atoms with E-state index in [0.717, 1.165) is 11.1 Å². The number of nitrogens with one attached hydrogen (secondary N) is 1. The van der Waals surface area contributed by atoms with E-state index in [0.29, 0.717) is 16.8 Å². The van der Waals surface area contributed by atoms with Gasteiger partial charge in [-0.2, -0.15) is 0 Å². The fourth-order valence-corrected chi connectivity index (χ4v) is 3.50. The number of benzene rings is 2. The number of hydrogen-bond donors (Lipinski definition) is 1. The number of para-hydroxylation sites is 1. The summed E-state index contributed by atoms with van der Waals surface area (Å²) in [5.41, 5.74) is 2.48. The van der Waals surface area contributed by atoms with Gasteiger partial charge in [0.2, 0.25) is 0 Å². The minimum absolute atomic E-state index is 0.276. The quantitative estimate of drug-likeness (QED) is 0.755. The molecule has 4 nitrogen and oxygen atoms in total. The summed E-state index contributed by atoms with van der Waals surface area (Å²) in [5.74, 6) is 0. The van der Waals surface area contributed by atoms with E-state index >= 15 is 0 Å². The molecule has 6 heteroatoms. The van der Waals surface area contributed by atoms with Gasteiger partial charge in [-0.3, -0.25) is 0 Å². The minimum Gasteiger partial charge on any atom is -0.329 e. The van der Waals surface area contributed by atoms with Gasteiger partial charge in [-0.1, -0.05) is 36.4 Å². The van der Waals surface area contributed by atoms with Gasteiger partial charge in [0.25, 0.3) is 0 Å². The van der Waals surface area contributed by atoms with Crippen LogP contribution < -0.4 is 0 Å². The van der Waals surface area contributed by atoms with Gasteiger partial charge in [-0.25, -0.2) is 8.42 Å². The Morgan fingerprint density at radius 3 is 2.48 bits per heavy atom. The second-order valence-electron chi connectivity index (χ2n) is 4.92. The number of nitrogens with zero attached hydrogens (tertiary/aromatic N) is 1. The van der Waals surface area contributed by atoms with E-state index in [1.807, 2.05) is 41.0 Å². The van der Waals surface area contributed by atoms with Crippen molar-refractivity contribution in [2.45, 2.75) is 11.4 Å². The molecule has 0 aliphatic rings. The van der Waals surface area contributed by atoms with Crippen LogP contribution in [-0.2, 0) is 16.4 Å². The molecule has 0 amide bonds. The summed E-state index contributed by atoms with van der Waals surface area (Å²) >= 11 is 5.35. The molecule has 0 saturated carbocycles. The summed E-state index contributed by atoms with van der Waals surface area (Å²) in [7, 11) is -3.30. The topological polar surface area (TPSA) is 54.9 Å². The number of H-pyrrole nitrogens is 1. The highest BCUT2D eigenvalue weighted by Gasteiger charge is 2.15. The molecule has 3 aromatic rings. The third-order valence-corrected chi connectivity index (χ3v) is 4.82. The van der Waals surface area contributed by atoms with Crippen LogP contribution in [0.15, 0.2) is 53.4 Å². The second-order valence-corrected chi connectivity index (χ2v) is 7.30. The standard InChI is InChI=1S/C15H14N2O2S2/c1-21(18,19)13-9-5-8-12-14(13)16-15(20)17(12)10-11-6-3-2-4-7-11/h2-9H,10H2,1H3,(H,16,20). The van der Waals surface area contributed by atoms with Gasteiger partial charge in [0.15, 0.2) is 14.6 Å². The van der Waals surface area contributed by atoms with Crippen LogP contribution in [0.2, 0.25) is 0 Å². The zero-order valence-electron chi connectivity index (χ0n) is 11.4. The molecule has 1 N–H and O–H groups in total. The molecule has 3 rings (SSSR count). The van der Waals surface area contributed by atoms with Crippen LogP contribution in [0.4, 0.5) is 0 Å². The molecule has 0 saturated heterocycles. The van der Waals surface area contributed by atoms with Crippen LogP contribution >= 0.6 is 12.2 Å². The van der Waals surface area contributed by atoms with Crippen LogP contribution in [0.3, 0.4) is 0 Å². The van der Waals surface area contributed by atoms with Gasteiger partial charge in [-0.15, -0.1) is 0 Å². The normalized spacial score (nSPS) is 11.9. The molecule has 0 fully saturated rings. The fourth-order valence-electron chi connectivity index (χ4n) is 2.39. The first kappa shape index (κ1) is 14.0. The maximum atomic E-state index is 11.9. The Morgan fingerprint density at radius 2 is 1.81 bits per heavy atom. The summed E-state index contributed by atoms with van der Waals surface area (Å²) in [5, 5.41) is 0. The highest BCUT2D eigenvalue weighted by atomic mass is 32.2. The fraction of sp³-hybridized carbons (Fsp3) is 0.133. The minimum atomic E-state index is -3.30. The molecule has 0 aliphatic carbocycles. The SMILES string of the molecule is CS(=O)(=O)c1cccc2c1[nH]c(=S)n2Cc1ccccc1. The Labute approximate surface area is 128 Å². The number of imidazole rings is 1. The van der Waals surface area contributed by atoms with E-state index in [4.69, 9.17) is 12.2 Å². The molecule has 21 heavy (non-hydrogen) atoms. The van der Waals surface area contributed by atoms with E-state index in [1.54, 1.807) is 12.1 Å². The van der Waals surface area contributed by atoms with E-state index in [-0.39, 0.29) is 4.90 Å². The molecule has 0 spiro atoms. The van der Waals surface area contributed by atoms with Crippen molar-refractivity contribution in [2.24, 2.45) is 0 Å². The molecule has 0 aliphatic heterocycles. The highest BCUT2D eigenvalue weighted by Crippen LogP contribution is 2.23. The Balaban J connectivity index is 2.22. The first-order chi connectivity index (χ1) is 9.97. The highest BCUT2D eigenvalue weighted by molar-refractivity contribution is 7.91. The Kier molecular flexibility index (Phi) is 3.43. The molecule has 1 heterocycles. The van der Waals surface area contributed by atoms with Crippen molar-refractivity contribution in [3.8, 4) is 0 Å². The molecule has 0 unspecified atom stereocenters. The lowest BCUT2D eigenvalue weighted by Crippen LogP contribution is -2.00. The van der Waals surface area contributed by atoms with E-state index in [2.05, 4.69) is 4.98 Å². The van der Waals surface area contributed by atoms with Gasteiger partial charge in [0.1, 0.15) is 0 Å². The van der Waals surface area contributed by atoms with Crippen LogP contribution in [0.1, 0.15) is 5.56 Å².